The monoisotopic (exact) mass is 344 g/mol. The number of rotatable bonds is 16. The molecule has 0 rings (SSSR count). The summed E-state index contributed by atoms with van der Waals surface area (Å²) >= 11 is 0.280. The Bertz CT molecular complexity index is 336. The van der Waals surface area contributed by atoms with Gasteiger partial charge in [0.25, 0.3) is 0 Å². The molecule has 0 aliphatic rings. The number of carbonyl (C=O) groups is 1. The fourth-order valence-electron chi connectivity index (χ4n) is 2.77. The van der Waals surface area contributed by atoms with Crippen molar-refractivity contribution in [1.29, 1.82) is 0 Å². The van der Waals surface area contributed by atoms with Crippen molar-refractivity contribution >= 4 is 22.1 Å². The van der Waals surface area contributed by atoms with Gasteiger partial charge in [-0.25, -0.2) is 9.00 Å². The van der Waals surface area contributed by atoms with E-state index in [1.165, 1.54) is 84.2 Å². The lowest BCUT2D eigenvalue weighted by molar-refractivity contribution is -0.132. The predicted octanol–water partition coefficient (Wildman–Crippen LogP) is 5.42. The van der Waals surface area contributed by atoms with Crippen LogP contribution in [0.25, 0.3) is 0 Å². The molecule has 0 spiro atoms. The topological polar surface area (TPSA) is 43.4 Å². The minimum absolute atomic E-state index is 0.280. The number of ether oxygens (including phenoxy) is 1. The van der Waals surface area contributed by atoms with Gasteiger partial charge in [0, 0.05) is 0 Å². The zero-order valence-corrected chi connectivity index (χ0v) is 16.1. The molecular weight excluding hydrogens is 308 g/mol. The number of esters is 1. The minimum Gasteiger partial charge on any atom is -0.465 e. The molecule has 0 aromatic rings. The first-order valence-corrected chi connectivity index (χ1v) is 10.2. The molecule has 0 heterocycles. The van der Waals surface area contributed by atoms with Crippen LogP contribution in [0.1, 0.15) is 103 Å². The fraction of sp³-hybridized carbons (Fsp3) is 0.895. The Balaban J connectivity index is 3.25. The smallest absolute Gasteiger partial charge is 0.347 e. The van der Waals surface area contributed by atoms with Crippen LogP contribution in [0.3, 0.4) is 0 Å². The van der Waals surface area contributed by atoms with Crippen molar-refractivity contribution in [3.63, 3.8) is 0 Å². The van der Waals surface area contributed by atoms with Crippen LogP contribution in [-0.2, 0) is 20.8 Å². The highest BCUT2D eigenvalue weighted by atomic mass is 32.1. The molecule has 0 aromatic carbocycles. The molecule has 0 atom stereocenters. The second-order valence-corrected chi connectivity index (χ2v) is 7.00. The maximum absolute atomic E-state index is 11.2. The zero-order chi connectivity index (χ0) is 17.2. The first-order chi connectivity index (χ1) is 11.3. The van der Waals surface area contributed by atoms with Crippen molar-refractivity contribution in [2.75, 3.05) is 7.11 Å². The molecular formula is C19H36O3S. The maximum atomic E-state index is 11.2. The van der Waals surface area contributed by atoms with Crippen molar-refractivity contribution in [3.8, 4) is 0 Å². The van der Waals surface area contributed by atoms with Crippen LogP contribution in [-0.4, -0.2) is 22.2 Å². The number of unbranched alkanes of at least 4 members (excludes halogenated alkanes) is 13. The minimum atomic E-state index is -0.459. The second-order valence-electron chi connectivity index (χ2n) is 6.34. The molecule has 0 aliphatic carbocycles. The molecule has 0 unspecified atom stereocenters. The number of methoxy groups -OCH3 is 1. The van der Waals surface area contributed by atoms with Gasteiger partial charge in [0.05, 0.1) is 18.4 Å². The summed E-state index contributed by atoms with van der Waals surface area (Å²) in [6, 6.07) is 0. The van der Waals surface area contributed by atoms with E-state index in [4.69, 9.17) is 0 Å². The highest BCUT2D eigenvalue weighted by molar-refractivity contribution is 7.68. The van der Waals surface area contributed by atoms with Gasteiger partial charge in [-0.15, -0.1) is 0 Å². The lowest BCUT2D eigenvalue weighted by Crippen LogP contribution is -2.15. The Hall–Kier alpha value is -0.640. The largest absolute Gasteiger partial charge is 0.465 e. The molecule has 0 saturated heterocycles. The second kappa shape index (κ2) is 17.7. The van der Waals surface area contributed by atoms with Crippen LogP contribution >= 0.6 is 0 Å². The van der Waals surface area contributed by atoms with Crippen molar-refractivity contribution in [2.24, 2.45) is 0 Å². The van der Waals surface area contributed by atoms with Gasteiger partial charge in [0.2, 0.25) is 0 Å². The third kappa shape index (κ3) is 14.7. The highest BCUT2D eigenvalue weighted by Crippen LogP contribution is 2.13. The predicted molar refractivity (Wildman–Crippen MR) is 100 cm³/mol. The fourth-order valence-corrected chi connectivity index (χ4v) is 3.15. The molecule has 0 aromatic heterocycles. The Morgan fingerprint density at radius 2 is 1.13 bits per heavy atom. The maximum Gasteiger partial charge on any atom is 0.347 e. The van der Waals surface area contributed by atoms with Gasteiger partial charge in [-0.05, 0) is 12.8 Å². The summed E-state index contributed by atoms with van der Waals surface area (Å²) in [5, 5.41) is 0. The van der Waals surface area contributed by atoms with E-state index < -0.39 is 5.97 Å². The van der Waals surface area contributed by atoms with Crippen LogP contribution in [0.5, 0.6) is 0 Å². The van der Waals surface area contributed by atoms with E-state index >= 15 is 0 Å². The molecule has 23 heavy (non-hydrogen) atoms. The summed E-state index contributed by atoms with van der Waals surface area (Å²) in [6.45, 7) is 2.26. The van der Waals surface area contributed by atoms with E-state index in [-0.39, 0.29) is 11.3 Å². The molecule has 0 radical (unpaired) electrons. The molecule has 3 nitrogen and oxygen atoms in total. The van der Waals surface area contributed by atoms with Crippen molar-refractivity contribution in [2.45, 2.75) is 103 Å². The number of carbonyl (C=O) groups excluding carboxylic acids is 1. The molecule has 0 bridgehead atoms. The first kappa shape index (κ1) is 22.4. The molecule has 0 N–H and O–H groups in total. The normalized spacial score (nSPS) is 10.5. The molecule has 0 saturated carbocycles. The van der Waals surface area contributed by atoms with Crippen LogP contribution in [0.4, 0.5) is 0 Å². The standard InChI is InChI=1S/C19H36O3S/c1-3-4-5-6-7-8-9-10-11-12-13-14-15-16-17-18(23-21)19(20)22-2/h3-17H2,1-2H3. The first-order valence-electron chi connectivity index (χ1n) is 9.50. The summed E-state index contributed by atoms with van der Waals surface area (Å²) in [4.78, 5) is 11.5. The Kier molecular flexibility index (Phi) is 17.2. The molecule has 0 amide bonds. The summed E-state index contributed by atoms with van der Waals surface area (Å²) in [7, 11) is 1.32. The van der Waals surface area contributed by atoms with Crippen molar-refractivity contribution < 1.29 is 13.7 Å². The molecule has 0 aliphatic heterocycles. The SMILES string of the molecule is CCCCCCCCCCCCCCCCC(=S=O)C(=O)OC. The molecule has 4 heteroatoms. The zero-order valence-electron chi connectivity index (χ0n) is 15.2. The third-order valence-corrected chi connectivity index (χ3v) is 4.84. The lowest BCUT2D eigenvalue weighted by atomic mass is 10.0. The number of hydrogen-bond donors (Lipinski definition) is 0. The van der Waals surface area contributed by atoms with Crippen LogP contribution in [0, 0.1) is 0 Å². The van der Waals surface area contributed by atoms with Gasteiger partial charge < -0.3 is 4.74 Å². The van der Waals surface area contributed by atoms with Crippen molar-refractivity contribution in [3.05, 3.63) is 0 Å². The highest BCUT2D eigenvalue weighted by Gasteiger charge is 2.09. The molecule has 0 fully saturated rings. The lowest BCUT2D eigenvalue weighted by Gasteiger charge is -2.03. The van der Waals surface area contributed by atoms with E-state index in [9.17, 15) is 9.00 Å². The van der Waals surface area contributed by atoms with E-state index in [0.717, 1.165) is 12.8 Å². The van der Waals surface area contributed by atoms with Gasteiger partial charge in [0.15, 0.2) is 0 Å². The summed E-state index contributed by atoms with van der Waals surface area (Å²) in [5.41, 5.74) is 0. The Labute approximate surface area is 146 Å². The van der Waals surface area contributed by atoms with E-state index in [1.807, 2.05) is 0 Å². The summed E-state index contributed by atoms with van der Waals surface area (Å²) in [5.74, 6) is -0.459. The van der Waals surface area contributed by atoms with Crippen molar-refractivity contribution in [1.82, 2.24) is 0 Å². The Morgan fingerprint density at radius 1 is 0.739 bits per heavy atom. The third-order valence-electron chi connectivity index (χ3n) is 4.27. The van der Waals surface area contributed by atoms with Crippen LogP contribution < -0.4 is 0 Å². The van der Waals surface area contributed by atoms with E-state index in [2.05, 4.69) is 11.7 Å². The average Bonchev–Trinajstić information content (AvgIpc) is 2.58. The van der Waals surface area contributed by atoms with Gasteiger partial charge in [0.1, 0.15) is 4.86 Å². The summed E-state index contributed by atoms with van der Waals surface area (Å²) in [6.07, 6.45) is 18.9. The van der Waals surface area contributed by atoms with Gasteiger partial charge >= 0.3 is 5.97 Å². The Morgan fingerprint density at radius 3 is 1.48 bits per heavy atom. The number of hydrogen-bond acceptors (Lipinski definition) is 3. The molecule has 136 valence electrons. The van der Waals surface area contributed by atoms with Crippen LogP contribution in [0.15, 0.2) is 0 Å². The van der Waals surface area contributed by atoms with Gasteiger partial charge in [-0.2, -0.15) is 0 Å². The summed E-state index contributed by atoms with van der Waals surface area (Å²) < 4.78 is 15.4. The quantitative estimate of drug-likeness (QED) is 0.213. The van der Waals surface area contributed by atoms with Gasteiger partial charge in [-0.1, -0.05) is 90.4 Å². The van der Waals surface area contributed by atoms with Gasteiger partial charge in [-0.3, -0.25) is 0 Å². The average molecular weight is 345 g/mol. The van der Waals surface area contributed by atoms with E-state index in [1.54, 1.807) is 0 Å². The van der Waals surface area contributed by atoms with Crippen LogP contribution in [0.2, 0.25) is 0 Å². The van der Waals surface area contributed by atoms with E-state index in [0.29, 0.717) is 11.3 Å².